The van der Waals surface area contributed by atoms with Gasteiger partial charge in [0.15, 0.2) is 0 Å². The summed E-state index contributed by atoms with van der Waals surface area (Å²) in [6.07, 6.45) is 3.66. The van der Waals surface area contributed by atoms with Crippen molar-refractivity contribution in [2.75, 3.05) is 26.3 Å². The Morgan fingerprint density at radius 1 is 1.48 bits per heavy atom. The number of benzene rings is 1. The van der Waals surface area contributed by atoms with E-state index in [1.165, 1.54) is 12.8 Å². The van der Waals surface area contributed by atoms with Crippen LogP contribution >= 0.6 is 0 Å². The highest BCUT2D eigenvalue weighted by Gasteiger charge is 2.14. The summed E-state index contributed by atoms with van der Waals surface area (Å²) in [5, 5.41) is 3.44. The molecule has 0 saturated carbocycles. The Hall–Kier alpha value is -1.59. The van der Waals surface area contributed by atoms with Crippen molar-refractivity contribution >= 4 is 11.0 Å². The second-order valence-electron chi connectivity index (χ2n) is 5.38. The smallest absolute Gasteiger partial charge is 0.121 e. The fourth-order valence-electron chi connectivity index (χ4n) is 2.69. The van der Waals surface area contributed by atoms with Gasteiger partial charge in [-0.15, -0.1) is 0 Å². The molecule has 0 bridgehead atoms. The Bertz CT molecular complexity index is 576. The van der Waals surface area contributed by atoms with Crippen LogP contribution in [0, 0.1) is 0 Å². The largest absolute Gasteiger partial charge is 0.494 e. The number of nitrogens with one attached hydrogen (secondary N) is 2. The molecule has 5 nitrogen and oxygen atoms in total. The Morgan fingerprint density at radius 2 is 2.43 bits per heavy atom. The molecule has 1 unspecified atom stereocenters. The predicted octanol–water partition coefficient (Wildman–Crippen LogP) is 2.27. The van der Waals surface area contributed by atoms with E-state index in [1.807, 2.05) is 25.1 Å². The van der Waals surface area contributed by atoms with E-state index in [9.17, 15) is 0 Å². The minimum atomic E-state index is 0.398. The highest BCUT2D eigenvalue weighted by molar-refractivity contribution is 5.76. The summed E-state index contributed by atoms with van der Waals surface area (Å²) < 4.78 is 11.1. The minimum Gasteiger partial charge on any atom is -0.494 e. The molecule has 3 rings (SSSR count). The minimum absolute atomic E-state index is 0.398. The van der Waals surface area contributed by atoms with Gasteiger partial charge in [0.05, 0.1) is 23.7 Å². The summed E-state index contributed by atoms with van der Waals surface area (Å²) in [5.41, 5.74) is 2.03. The normalized spacial score (nSPS) is 18.4. The van der Waals surface area contributed by atoms with Gasteiger partial charge in [-0.3, -0.25) is 0 Å². The van der Waals surface area contributed by atoms with Gasteiger partial charge in [-0.25, -0.2) is 4.98 Å². The molecule has 0 amide bonds. The maximum Gasteiger partial charge on any atom is 0.121 e. The van der Waals surface area contributed by atoms with Crippen LogP contribution in [0.25, 0.3) is 11.0 Å². The zero-order valence-electron chi connectivity index (χ0n) is 12.5. The molecule has 0 radical (unpaired) electrons. The number of aromatic amines is 1. The van der Waals surface area contributed by atoms with Crippen molar-refractivity contribution in [2.24, 2.45) is 0 Å². The van der Waals surface area contributed by atoms with E-state index < -0.39 is 0 Å². The number of imidazole rings is 1. The fraction of sp³-hybridized carbons (Fsp3) is 0.562. The first kappa shape index (κ1) is 14.4. The lowest BCUT2D eigenvalue weighted by Gasteiger charge is -2.09. The summed E-state index contributed by atoms with van der Waals surface area (Å²) in [4.78, 5) is 7.96. The van der Waals surface area contributed by atoms with E-state index in [2.05, 4.69) is 15.3 Å². The van der Waals surface area contributed by atoms with E-state index in [4.69, 9.17) is 9.47 Å². The maximum atomic E-state index is 5.59. The number of fused-ring (bicyclic) bond motifs is 1. The van der Waals surface area contributed by atoms with E-state index in [0.717, 1.165) is 48.7 Å². The Kier molecular flexibility index (Phi) is 4.72. The van der Waals surface area contributed by atoms with Crippen LogP contribution in [0.15, 0.2) is 18.2 Å². The third-order valence-electron chi connectivity index (χ3n) is 3.75. The first-order valence-electron chi connectivity index (χ1n) is 7.79. The van der Waals surface area contributed by atoms with Crippen molar-refractivity contribution in [2.45, 2.75) is 32.3 Å². The van der Waals surface area contributed by atoms with Crippen molar-refractivity contribution in [3.8, 4) is 5.75 Å². The van der Waals surface area contributed by atoms with Crippen LogP contribution in [0.5, 0.6) is 5.75 Å². The number of H-pyrrole nitrogens is 1. The lowest BCUT2D eigenvalue weighted by atomic mass is 10.2. The quantitative estimate of drug-likeness (QED) is 0.768. The van der Waals surface area contributed by atoms with Crippen molar-refractivity contribution < 1.29 is 9.47 Å². The van der Waals surface area contributed by atoms with Gasteiger partial charge in [-0.1, -0.05) is 0 Å². The molecule has 1 atom stereocenters. The van der Waals surface area contributed by atoms with Crippen LogP contribution in [-0.4, -0.2) is 42.4 Å². The van der Waals surface area contributed by atoms with Gasteiger partial charge in [-0.05, 0) is 31.9 Å². The third kappa shape index (κ3) is 3.74. The molecular weight excluding hydrogens is 266 g/mol. The number of nitrogens with zero attached hydrogens (tertiary/aromatic N) is 1. The molecule has 1 aromatic heterocycles. The van der Waals surface area contributed by atoms with Gasteiger partial charge in [0.1, 0.15) is 11.6 Å². The second kappa shape index (κ2) is 6.91. The first-order valence-corrected chi connectivity index (χ1v) is 7.79. The standard InChI is InChI=1S/C16H23N3O2/c1-2-20-12-5-6-14-15(10-12)19-16(18-14)7-8-17-11-13-4-3-9-21-13/h5-6,10,13,17H,2-4,7-9,11H2,1H3,(H,18,19). The SMILES string of the molecule is CCOc1ccc2nc(CCNCC3CCCO3)[nH]c2c1. The molecule has 2 N–H and O–H groups in total. The molecule has 21 heavy (non-hydrogen) atoms. The monoisotopic (exact) mass is 289 g/mol. The van der Waals surface area contributed by atoms with E-state index in [-0.39, 0.29) is 0 Å². The van der Waals surface area contributed by atoms with Crippen molar-refractivity contribution in [1.82, 2.24) is 15.3 Å². The van der Waals surface area contributed by atoms with Gasteiger partial charge in [0.2, 0.25) is 0 Å². The molecule has 0 spiro atoms. The lowest BCUT2D eigenvalue weighted by Crippen LogP contribution is -2.28. The summed E-state index contributed by atoms with van der Waals surface area (Å²) in [6, 6.07) is 5.97. The van der Waals surface area contributed by atoms with Crippen molar-refractivity contribution in [3.63, 3.8) is 0 Å². The van der Waals surface area contributed by atoms with E-state index in [0.29, 0.717) is 12.7 Å². The summed E-state index contributed by atoms with van der Waals surface area (Å²) in [5.74, 6) is 1.90. The van der Waals surface area contributed by atoms with Gasteiger partial charge in [0.25, 0.3) is 0 Å². The maximum absolute atomic E-state index is 5.59. The zero-order valence-corrected chi connectivity index (χ0v) is 12.5. The number of hydrogen-bond donors (Lipinski definition) is 2. The van der Waals surface area contributed by atoms with Gasteiger partial charge in [-0.2, -0.15) is 0 Å². The molecule has 2 aromatic rings. The summed E-state index contributed by atoms with van der Waals surface area (Å²) >= 11 is 0. The Morgan fingerprint density at radius 3 is 3.24 bits per heavy atom. The number of ether oxygens (including phenoxy) is 2. The second-order valence-corrected chi connectivity index (χ2v) is 5.38. The highest BCUT2D eigenvalue weighted by Crippen LogP contribution is 2.19. The van der Waals surface area contributed by atoms with Gasteiger partial charge < -0.3 is 19.8 Å². The number of rotatable bonds is 7. The molecule has 114 valence electrons. The average Bonchev–Trinajstić information content (AvgIpc) is 3.12. The van der Waals surface area contributed by atoms with Crippen LogP contribution in [-0.2, 0) is 11.2 Å². The van der Waals surface area contributed by atoms with E-state index in [1.54, 1.807) is 0 Å². The lowest BCUT2D eigenvalue weighted by molar-refractivity contribution is 0.110. The van der Waals surface area contributed by atoms with Gasteiger partial charge >= 0.3 is 0 Å². The Balaban J connectivity index is 1.51. The fourth-order valence-corrected chi connectivity index (χ4v) is 2.69. The third-order valence-corrected chi connectivity index (χ3v) is 3.75. The molecule has 5 heteroatoms. The van der Waals surface area contributed by atoms with Crippen molar-refractivity contribution in [3.05, 3.63) is 24.0 Å². The highest BCUT2D eigenvalue weighted by atomic mass is 16.5. The number of aromatic nitrogens is 2. The average molecular weight is 289 g/mol. The van der Waals surface area contributed by atoms with Gasteiger partial charge in [0, 0.05) is 32.2 Å². The van der Waals surface area contributed by atoms with Crippen LogP contribution in [0.1, 0.15) is 25.6 Å². The predicted molar refractivity (Wildman–Crippen MR) is 82.8 cm³/mol. The van der Waals surface area contributed by atoms with Crippen molar-refractivity contribution in [1.29, 1.82) is 0 Å². The molecule has 1 aromatic carbocycles. The van der Waals surface area contributed by atoms with Crippen LogP contribution in [0.4, 0.5) is 0 Å². The summed E-state index contributed by atoms with van der Waals surface area (Å²) in [7, 11) is 0. The van der Waals surface area contributed by atoms with Crippen LogP contribution in [0.3, 0.4) is 0 Å². The molecule has 2 heterocycles. The van der Waals surface area contributed by atoms with Crippen LogP contribution in [0.2, 0.25) is 0 Å². The summed E-state index contributed by atoms with van der Waals surface area (Å²) in [6.45, 7) is 5.44. The molecule has 1 aliphatic heterocycles. The zero-order chi connectivity index (χ0) is 14.5. The molecule has 1 aliphatic rings. The first-order chi connectivity index (χ1) is 10.3. The molecular formula is C16H23N3O2. The topological polar surface area (TPSA) is 59.2 Å². The number of hydrogen-bond acceptors (Lipinski definition) is 4. The Labute approximate surface area is 125 Å². The molecule has 0 aliphatic carbocycles. The molecule has 1 saturated heterocycles. The van der Waals surface area contributed by atoms with Crippen LogP contribution < -0.4 is 10.1 Å². The molecule has 1 fully saturated rings. The van der Waals surface area contributed by atoms with E-state index >= 15 is 0 Å².